The van der Waals surface area contributed by atoms with Crippen LogP contribution in [0.5, 0.6) is 5.75 Å². The van der Waals surface area contributed by atoms with Crippen LogP contribution >= 0.6 is 0 Å². The van der Waals surface area contributed by atoms with E-state index in [2.05, 4.69) is 5.32 Å². The van der Waals surface area contributed by atoms with E-state index >= 15 is 0 Å². The summed E-state index contributed by atoms with van der Waals surface area (Å²) in [5.74, 6) is 0.427. The second-order valence-electron chi connectivity index (χ2n) is 6.50. The molecule has 118 valence electrons. The second-order valence-corrected chi connectivity index (χ2v) is 6.50. The summed E-state index contributed by atoms with van der Waals surface area (Å²) in [7, 11) is 1.57. The molecular weight excluding hydrogens is 266 g/mol. The van der Waals surface area contributed by atoms with E-state index in [1.165, 1.54) is 0 Å². The lowest BCUT2D eigenvalue weighted by Crippen LogP contribution is -2.32. The average molecular weight is 293 g/mol. The maximum Gasteiger partial charge on any atom is 0.255 e. The SMILES string of the molecule is COc1c(C)c(C)cc(CC(C)(C)O)c1C(=O)NC(C)C. The van der Waals surface area contributed by atoms with Crippen molar-refractivity contribution in [1.82, 2.24) is 5.32 Å². The van der Waals surface area contributed by atoms with Crippen LogP contribution in [0.3, 0.4) is 0 Å². The average Bonchev–Trinajstić information content (AvgIpc) is 2.29. The van der Waals surface area contributed by atoms with Crippen LogP contribution in [0.25, 0.3) is 0 Å². The first-order valence-electron chi connectivity index (χ1n) is 7.27. The number of amides is 1. The molecule has 0 unspecified atom stereocenters. The van der Waals surface area contributed by atoms with E-state index in [1.807, 2.05) is 33.8 Å². The fraction of sp³-hybridized carbons (Fsp3) is 0.588. The largest absolute Gasteiger partial charge is 0.496 e. The monoisotopic (exact) mass is 293 g/mol. The first-order chi connectivity index (χ1) is 9.56. The molecule has 0 saturated carbocycles. The molecule has 0 bridgehead atoms. The molecule has 0 aliphatic carbocycles. The Bertz CT molecular complexity index is 528. The van der Waals surface area contributed by atoms with Crippen molar-refractivity contribution in [1.29, 1.82) is 0 Å². The van der Waals surface area contributed by atoms with Crippen molar-refractivity contribution in [3.05, 3.63) is 28.3 Å². The number of nitrogens with one attached hydrogen (secondary N) is 1. The number of rotatable bonds is 5. The van der Waals surface area contributed by atoms with E-state index in [9.17, 15) is 9.90 Å². The maximum atomic E-state index is 12.5. The molecule has 0 aromatic heterocycles. The van der Waals surface area contributed by atoms with Crippen LogP contribution in [-0.2, 0) is 6.42 Å². The van der Waals surface area contributed by atoms with Crippen LogP contribution in [0.2, 0.25) is 0 Å². The Morgan fingerprint density at radius 3 is 2.38 bits per heavy atom. The molecule has 0 aliphatic rings. The highest BCUT2D eigenvalue weighted by molar-refractivity contribution is 5.99. The highest BCUT2D eigenvalue weighted by Crippen LogP contribution is 2.31. The molecule has 0 spiro atoms. The fourth-order valence-electron chi connectivity index (χ4n) is 2.40. The zero-order valence-corrected chi connectivity index (χ0v) is 14.1. The summed E-state index contributed by atoms with van der Waals surface area (Å²) in [4.78, 5) is 12.5. The van der Waals surface area contributed by atoms with Gasteiger partial charge in [-0.15, -0.1) is 0 Å². The van der Waals surface area contributed by atoms with Gasteiger partial charge in [0.25, 0.3) is 5.91 Å². The molecule has 4 heteroatoms. The Morgan fingerprint density at radius 2 is 1.95 bits per heavy atom. The number of aliphatic hydroxyl groups is 1. The molecule has 0 radical (unpaired) electrons. The van der Waals surface area contributed by atoms with Gasteiger partial charge < -0.3 is 15.2 Å². The van der Waals surface area contributed by atoms with Crippen LogP contribution < -0.4 is 10.1 Å². The van der Waals surface area contributed by atoms with E-state index in [-0.39, 0.29) is 11.9 Å². The summed E-state index contributed by atoms with van der Waals surface area (Å²) >= 11 is 0. The first kappa shape index (κ1) is 17.5. The Labute approximate surface area is 127 Å². The molecule has 1 rings (SSSR count). The van der Waals surface area contributed by atoms with Crippen molar-refractivity contribution < 1.29 is 14.6 Å². The van der Waals surface area contributed by atoms with E-state index in [1.54, 1.807) is 21.0 Å². The Balaban J connectivity index is 3.47. The minimum absolute atomic E-state index is 0.0406. The zero-order valence-electron chi connectivity index (χ0n) is 14.1. The van der Waals surface area contributed by atoms with Crippen molar-refractivity contribution >= 4 is 5.91 Å². The molecule has 1 aromatic rings. The molecule has 4 nitrogen and oxygen atoms in total. The quantitative estimate of drug-likeness (QED) is 0.877. The lowest BCUT2D eigenvalue weighted by atomic mass is 9.90. The van der Waals surface area contributed by atoms with Gasteiger partial charge in [0.05, 0.1) is 18.3 Å². The van der Waals surface area contributed by atoms with Crippen LogP contribution in [0.15, 0.2) is 6.07 Å². The number of carbonyl (C=O) groups is 1. The molecule has 0 heterocycles. The Morgan fingerprint density at radius 1 is 1.38 bits per heavy atom. The topological polar surface area (TPSA) is 58.6 Å². The van der Waals surface area contributed by atoms with Crippen molar-refractivity contribution in [2.24, 2.45) is 0 Å². The number of aryl methyl sites for hydroxylation is 1. The summed E-state index contributed by atoms with van der Waals surface area (Å²) in [5, 5.41) is 13.0. The highest BCUT2D eigenvalue weighted by Gasteiger charge is 2.25. The standard InChI is InChI=1S/C17H27NO3/c1-10(2)18-16(19)14-13(9-17(5,6)20)8-11(3)12(4)15(14)21-7/h8,10,20H,9H2,1-7H3,(H,18,19). The van der Waals surface area contributed by atoms with Gasteiger partial charge in [0.15, 0.2) is 0 Å². The van der Waals surface area contributed by atoms with E-state index < -0.39 is 5.60 Å². The third-order valence-electron chi connectivity index (χ3n) is 3.35. The summed E-state index contributed by atoms with van der Waals surface area (Å²) in [5.41, 5.74) is 2.44. The van der Waals surface area contributed by atoms with Crippen LogP contribution in [0.4, 0.5) is 0 Å². The molecule has 1 amide bonds. The van der Waals surface area contributed by atoms with Gasteiger partial charge >= 0.3 is 0 Å². The summed E-state index contributed by atoms with van der Waals surface area (Å²) < 4.78 is 5.47. The highest BCUT2D eigenvalue weighted by atomic mass is 16.5. The van der Waals surface area contributed by atoms with Gasteiger partial charge in [-0.25, -0.2) is 0 Å². The summed E-state index contributed by atoms with van der Waals surface area (Å²) in [6.45, 7) is 11.2. The number of hydrogen-bond donors (Lipinski definition) is 2. The predicted molar refractivity (Wildman–Crippen MR) is 85.1 cm³/mol. The molecule has 0 saturated heterocycles. The molecule has 2 N–H and O–H groups in total. The summed E-state index contributed by atoms with van der Waals surface area (Å²) in [6, 6.07) is 2.00. The molecule has 0 atom stereocenters. The normalized spacial score (nSPS) is 11.7. The van der Waals surface area contributed by atoms with Crippen molar-refractivity contribution in [2.75, 3.05) is 7.11 Å². The van der Waals surface area contributed by atoms with Crippen molar-refractivity contribution in [3.63, 3.8) is 0 Å². The molecule has 21 heavy (non-hydrogen) atoms. The van der Waals surface area contributed by atoms with Gasteiger partial charge in [-0.3, -0.25) is 4.79 Å². The molecule has 0 fully saturated rings. The number of hydrogen-bond acceptors (Lipinski definition) is 3. The maximum absolute atomic E-state index is 12.5. The van der Waals surface area contributed by atoms with Crippen LogP contribution in [0, 0.1) is 13.8 Å². The van der Waals surface area contributed by atoms with Gasteiger partial charge in [-0.1, -0.05) is 6.07 Å². The van der Waals surface area contributed by atoms with E-state index in [4.69, 9.17) is 4.74 Å². The van der Waals surface area contributed by atoms with Gasteiger partial charge in [0.1, 0.15) is 5.75 Å². The minimum atomic E-state index is -0.889. The minimum Gasteiger partial charge on any atom is -0.496 e. The van der Waals surface area contributed by atoms with Gasteiger partial charge in [0.2, 0.25) is 0 Å². The predicted octanol–water partition coefficient (Wildman–Crippen LogP) is 2.76. The molecule has 1 aromatic carbocycles. The zero-order chi connectivity index (χ0) is 16.4. The second kappa shape index (κ2) is 6.48. The number of methoxy groups -OCH3 is 1. The lowest BCUT2D eigenvalue weighted by Gasteiger charge is -2.23. The molecule has 0 aliphatic heterocycles. The smallest absolute Gasteiger partial charge is 0.255 e. The van der Waals surface area contributed by atoms with Crippen molar-refractivity contribution in [3.8, 4) is 5.75 Å². The molecular formula is C17H27NO3. The van der Waals surface area contributed by atoms with Crippen molar-refractivity contribution in [2.45, 2.75) is 59.6 Å². The van der Waals surface area contributed by atoms with Crippen LogP contribution in [-0.4, -0.2) is 29.8 Å². The Hall–Kier alpha value is -1.55. The third kappa shape index (κ3) is 4.46. The van der Waals surface area contributed by atoms with Gasteiger partial charge in [0, 0.05) is 12.5 Å². The van der Waals surface area contributed by atoms with Crippen LogP contribution in [0.1, 0.15) is 54.7 Å². The van der Waals surface area contributed by atoms with Gasteiger partial charge in [-0.2, -0.15) is 0 Å². The lowest BCUT2D eigenvalue weighted by molar-refractivity contribution is 0.0801. The number of carbonyl (C=O) groups excluding carboxylic acids is 1. The van der Waals surface area contributed by atoms with E-state index in [0.29, 0.717) is 17.7 Å². The third-order valence-corrected chi connectivity index (χ3v) is 3.35. The van der Waals surface area contributed by atoms with Gasteiger partial charge in [-0.05, 0) is 58.2 Å². The Kier molecular flexibility index (Phi) is 5.40. The first-order valence-corrected chi connectivity index (χ1v) is 7.27. The fourth-order valence-corrected chi connectivity index (χ4v) is 2.40. The number of ether oxygens (including phenoxy) is 1. The summed E-state index contributed by atoms with van der Waals surface area (Å²) in [6.07, 6.45) is 0.394. The van der Waals surface area contributed by atoms with E-state index in [0.717, 1.165) is 16.7 Å². The number of benzene rings is 1.